The van der Waals surface area contributed by atoms with Gasteiger partial charge in [0.25, 0.3) is 0 Å². The number of carbonyl (C=O) groups excluding carboxylic acids is 1. The molecule has 0 radical (unpaired) electrons. The van der Waals surface area contributed by atoms with Crippen molar-refractivity contribution >= 4 is 11.9 Å². The minimum absolute atomic E-state index is 0.0497. The zero-order chi connectivity index (χ0) is 13.5. The van der Waals surface area contributed by atoms with E-state index in [-0.39, 0.29) is 12.3 Å². The summed E-state index contributed by atoms with van der Waals surface area (Å²) in [5, 5.41) is 11.5. The monoisotopic (exact) mass is 250 g/mol. The predicted octanol–water partition coefficient (Wildman–Crippen LogP) is 0.667. The van der Waals surface area contributed by atoms with Gasteiger partial charge in [0.05, 0.1) is 12.5 Å². The first-order valence-corrected chi connectivity index (χ1v) is 5.86. The van der Waals surface area contributed by atoms with Crippen molar-refractivity contribution in [2.75, 3.05) is 0 Å². The summed E-state index contributed by atoms with van der Waals surface area (Å²) >= 11 is 0. The molecule has 0 fully saturated rings. The minimum Gasteiger partial charge on any atom is -0.481 e. The van der Waals surface area contributed by atoms with Crippen LogP contribution in [0.2, 0.25) is 0 Å². The lowest BCUT2D eigenvalue weighted by Gasteiger charge is -2.12. The lowest BCUT2D eigenvalue weighted by atomic mass is 10.0. The summed E-state index contributed by atoms with van der Waals surface area (Å²) in [4.78, 5) is 22.2. The molecule has 0 heterocycles. The van der Waals surface area contributed by atoms with Crippen LogP contribution >= 0.6 is 0 Å². The highest BCUT2D eigenvalue weighted by atomic mass is 16.4. The first-order chi connectivity index (χ1) is 8.54. The van der Waals surface area contributed by atoms with E-state index in [0.29, 0.717) is 18.5 Å². The van der Waals surface area contributed by atoms with Crippen molar-refractivity contribution < 1.29 is 14.7 Å². The van der Waals surface area contributed by atoms with Crippen LogP contribution in [0.4, 0.5) is 0 Å². The molecule has 98 valence electrons. The molecule has 1 aromatic rings. The highest BCUT2D eigenvalue weighted by molar-refractivity contribution is 5.81. The van der Waals surface area contributed by atoms with E-state index >= 15 is 0 Å². The molecule has 1 aromatic carbocycles. The molecule has 0 aromatic heterocycles. The first kappa shape index (κ1) is 14.2. The molecule has 0 unspecified atom stereocenters. The molecule has 0 aliphatic heterocycles. The number of nitrogens with one attached hydrogen (secondary N) is 1. The van der Waals surface area contributed by atoms with E-state index in [9.17, 15) is 9.59 Å². The van der Waals surface area contributed by atoms with Gasteiger partial charge < -0.3 is 16.2 Å². The summed E-state index contributed by atoms with van der Waals surface area (Å²) in [7, 11) is 0. The predicted molar refractivity (Wildman–Crippen MR) is 67.9 cm³/mol. The summed E-state index contributed by atoms with van der Waals surface area (Å²) < 4.78 is 0. The van der Waals surface area contributed by atoms with Crippen LogP contribution in [0.25, 0.3) is 0 Å². The molecule has 0 aliphatic carbocycles. The number of carbonyl (C=O) groups is 2. The van der Waals surface area contributed by atoms with Crippen LogP contribution in [-0.2, 0) is 22.6 Å². The fourth-order valence-corrected chi connectivity index (χ4v) is 1.56. The van der Waals surface area contributed by atoms with Crippen LogP contribution < -0.4 is 11.1 Å². The van der Waals surface area contributed by atoms with Crippen LogP contribution in [0.15, 0.2) is 24.3 Å². The molecule has 0 bridgehead atoms. The topological polar surface area (TPSA) is 92.4 Å². The lowest BCUT2D eigenvalue weighted by molar-refractivity contribution is -0.136. The number of rotatable bonds is 6. The van der Waals surface area contributed by atoms with Gasteiger partial charge in [-0.05, 0) is 17.5 Å². The van der Waals surface area contributed by atoms with Crippen molar-refractivity contribution in [1.29, 1.82) is 0 Å². The maximum absolute atomic E-state index is 11.5. The van der Waals surface area contributed by atoms with Gasteiger partial charge in [-0.3, -0.25) is 9.59 Å². The molecule has 1 amide bonds. The molecule has 1 rings (SSSR count). The normalized spacial score (nSPS) is 11.9. The molecule has 0 saturated carbocycles. The Morgan fingerprint density at radius 1 is 1.33 bits per heavy atom. The largest absolute Gasteiger partial charge is 0.481 e. The number of hydrogen-bond acceptors (Lipinski definition) is 3. The van der Waals surface area contributed by atoms with Gasteiger partial charge in [-0.15, -0.1) is 0 Å². The van der Waals surface area contributed by atoms with E-state index < -0.39 is 12.0 Å². The van der Waals surface area contributed by atoms with E-state index in [0.717, 1.165) is 5.56 Å². The number of aliphatic carboxylic acids is 1. The van der Waals surface area contributed by atoms with E-state index in [1.165, 1.54) is 0 Å². The Morgan fingerprint density at radius 3 is 2.50 bits per heavy atom. The molecule has 5 heteroatoms. The molecule has 1 atom stereocenters. The van der Waals surface area contributed by atoms with Crippen molar-refractivity contribution in [2.24, 2.45) is 5.73 Å². The average Bonchev–Trinajstić information content (AvgIpc) is 2.35. The number of carboxylic acids is 1. The van der Waals surface area contributed by atoms with Gasteiger partial charge in [0.15, 0.2) is 0 Å². The van der Waals surface area contributed by atoms with Crippen LogP contribution in [0.1, 0.15) is 24.5 Å². The highest BCUT2D eigenvalue weighted by Gasteiger charge is 2.11. The van der Waals surface area contributed by atoms with E-state index in [4.69, 9.17) is 10.8 Å². The molecule has 18 heavy (non-hydrogen) atoms. The fraction of sp³-hybridized carbons (Fsp3) is 0.385. The summed E-state index contributed by atoms with van der Waals surface area (Å²) in [6.07, 6.45) is 0.522. The summed E-state index contributed by atoms with van der Waals surface area (Å²) in [5.74, 6) is -1.11. The van der Waals surface area contributed by atoms with Crippen LogP contribution in [0.5, 0.6) is 0 Å². The Kier molecular flexibility index (Phi) is 5.32. The van der Waals surface area contributed by atoms with E-state index in [2.05, 4.69) is 5.32 Å². The second-order valence-electron chi connectivity index (χ2n) is 4.07. The molecule has 5 nitrogen and oxygen atoms in total. The Balaban J connectivity index is 2.67. The second kappa shape index (κ2) is 6.76. The zero-order valence-electron chi connectivity index (χ0n) is 10.3. The summed E-state index contributed by atoms with van der Waals surface area (Å²) in [5.41, 5.74) is 7.10. The maximum Gasteiger partial charge on any atom is 0.307 e. The third kappa shape index (κ3) is 4.18. The molecule has 4 N–H and O–H groups in total. The van der Waals surface area contributed by atoms with Gasteiger partial charge in [0.1, 0.15) is 0 Å². The Labute approximate surface area is 106 Å². The van der Waals surface area contributed by atoms with Gasteiger partial charge in [0.2, 0.25) is 5.91 Å². The third-order valence-corrected chi connectivity index (χ3v) is 2.69. The zero-order valence-corrected chi connectivity index (χ0v) is 10.3. The van der Waals surface area contributed by atoms with Crippen molar-refractivity contribution in [3.8, 4) is 0 Å². The Morgan fingerprint density at radius 2 is 1.94 bits per heavy atom. The van der Waals surface area contributed by atoms with Gasteiger partial charge in [-0.25, -0.2) is 0 Å². The summed E-state index contributed by atoms with van der Waals surface area (Å²) in [6.45, 7) is 2.14. The van der Waals surface area contributed by atoms with Gasteiger partial charge in [-0.1, -0.05) is 31.2 Å². The fourth-order valence-electron chi connectivity index (χ4n) is 1.56. The third-order valence-electron chi connectivity index (χ3n) is 2.69. The van der Waals surface area contributed by atoms with Crippen molar-refractivity contribution in [2.45, 2.75) is 32.4 Å². The van der Waals surface area contributed by atoms with E-state index in [1.807, 2.05) is 13.0 Å². The van der Waals surface area contributed by atoms with Gasteiger partial charge in [-0.2, -0.15) is 0 Å². The Hall–Kier alpha value is -1.88. The average molecular weight is 250 g/mol. The van der Waals surface area contributed by atoms with Crippen molar-refractivity contribution in [3.05, 3.63) is 35.4 Å². The summed E-state index contributed by atoms with van der Waals surface area (Å²) in [6, 6.07) is 6.62. The number of benzene rings is 1. The minimum atomic E-state index is -0.890. The Bertz CT molecular complexity index is 432. The van der Waals surface area contributed by atoms with Crippen LogP contribution in [0, 0.1) is 0 Å². The number of amides is 1. The second-order valence-corrected chi connectivity index (χ2v) is 4.07. The number of nitrogens with two attached hydrogens (primary N) is 1. The van der Waals surface area contributed by atoms with Gasteiger partial charge in [0, 0.05) is 6.54 Å². The van der Waals surface area contributed by atoms with Crippen LogP contribution in [0.3, 0.4) is 0 Å². The maximum atomic E-state index is 11.5. The number of hydrogen-bond donors (Lipinski definition) is 3. The molecular formula is C13H18N2O3. The SMILES string of the molecule is CC[C@H](N)C(=O)NCc1ccccc1CC(=O)O. The molecule has 0 aliphatic rings. The van der Waals surface area contributed by atoms with Gasteiger partial charge >= 0.3 is 5.97 Å². The highest BCUT2D eigenvalue weighted by Crippen LogP contribution is 2.09. The molecule has 0 saturated heterocycles. The van der Waals surface area contributed by atoms with Crippen molar-refractivity contribution in [1.82, 2.24) is 5.32 Å². The molecule has 0 spiro atoms. The smallest absolute Gasteiger partial charge is 0.307 e. The standard InChI is InChI=1S/C13H18N2O3/c1-2-11(14)13(18)15-8-10-6-4-3-5-9(10)7-12(16)17/h3-6,11H,2,7-8,14H2,1H3,(H,15,18)(H,16,17)/t11-/m0/s1. The quantitative estimate of drug-likeness (QED) is 0.691. The number of carboxylic acid groups (broad SMARTS) is 1. The van der Waals surface area contributed by atoms with Crippen molar-refractivity contribution in [3.63, 3.8) is 0 Å². The first-order valence-electron chi connectivity index (χ1n) is 5.86. The molecular weight excluding hydrogens is 232 g/mol. The lowest BCUT2D eigenvalue weighted by Crippen LogP contribution is -2.39. The van der Waals surface area contributed by atoms with Crippen LogP contribution in [-0.4, -0.2) is 23.0 Å². The van der Waals surface area contributed by atoms with E-state index in [1.54, 1.807) is 18.2 Å².